The molecular weight excluding hydrogens is 603 g/mol. The Morgan fingerprint density at radius 1 is 0.952 bits per heavy atom. The fourth-order valence-corrected chi connectivity index (χ4v) is 6.98. The normalized spacial score (nSPS) is 34.2. The van der Waals surface area contributed by atoms with Gasteiger partial charge >= 0.3 is 16.5 Å². The van der Waals surface area contributed by atoms with Gasteiger partial charge in [-0.15, -0.1) is 0 Å². The minimum absolute atomic E-state index is 0.101. The van der Waals surface area contributed by atoms with Crippen LogP contribution in [0.2, 0.25) is 0 Å². The van der Waals surface area contributed by atoms with Crippen LogP contribution < -0.4 is 11.3 Å². The molecule has 7 heterocycles. The molecule has 0 saturated carbocycles. The van der Waals surface area contributed by atoms with Gasteiger partial charge in [-0.3, -0.25) is 23.1 Å². The van der Waals surface area contributed by atoms with Crippen LogP contribution in [-0.2, 0) is 36.7 Å². The van der Waals surface area contributed by atoms with Crippen molar-refractivity contribution >= 4 is 44.7 Å². The molecule has 224 valence electrons. The molecule has 21 heteroatoms. The number of fused-ring (bicyclic) bond motifs is 4. The molecule has 4 aromatic heterocycles. The van der Waals surface area contributed by atoms with Gasteiger partial charge in [0, 0.05) is 6.42 Å². The van der Waals surface area contributed by atoms with Crippen molar-refractivity contribution in [2.24, 2.45) is 0 Å². The predicted molar refractivity (Wildman–Crippen MR) is 140 cm³/mol. The highest BCUT2D eigenvalue weighted by molar-refractivity contribution is 7.33. The minimum Gasteiger partial charge on any atom is -0.382 e. The number of halogens is 1. The largest absolute Gasteiger partial charge is 0.382 e. The molecule has 7 rings (SSSR count). The van der Waals surface area contributed by atoms with Gasteiger partial charge in [0.15, 0.2) is 35.0 Å². The van der Waals surface area contributed by atoms with E-state index in [9.17, 15) is 13.9 Å². The van der Waals surface area contributed by atoms with Crippen LogP contribution in [0.25, 0.3) is 22.3 Å². The van der Waals surface area contributed by atoms with E-state index >= 15 is 4.39 Å². The van der Waals surface area contributed by atoms with Gasteiger partial charge in [0.1, 0.15) is 42.2 Å². The van der Waals surface area contributed by atoms with E-state index in [4.69, 9.17) is 33.3 Å². The molecule has 9 atom stereocenters. The molecule has 0 aromatic carbocycles. The number of aromatic amines is 1. The first-order chi connectivity index (χ1) is 20.3. The van der Waals surface area contributed by atoms with Crippen LogP contribution in [0.4, 0.5) is 10.2 Å². The molecule has 0 amide bonds. The Kier molecular flexibility index (Phi) is 7.14. The molecule has 3 aliphatic rings. The summed E-state index contributed by atoms with van der Waals surface area (Å²) in [5.41, 5.74) is 6.29. The summed E-state index contributed by atoms with van der Waals surface area (Å²) in [6.07, 6.45) is -4.08. The van der Waals surface area contributed by atoms with Gasteiger partial charge in [-0.1, -0.05) is 0 Å². The molecular formula is C21H24FN9O9P2. The number of anilines is 1. The molecule has 3 fully saturated rings. The molecule has 42 heavy (non-hydrogen) atoms. The van der Waals surface area contributed by atoms with Crippen LogP contribution in [0.15, 0.2) is 23.8 Å². The van der Waals surface area contributed by atoms with E-state index in [-0.39, 0.29) is 41.2 Å². The highest BCUT2D eigenvalue weighted by atomic mass is 31.1. The maximum atomic E-state index is 15.8. The molecule has 3 saturated heterocycles. The Morgan fingerprint density at radius 2 is 1.69 bits per heavy atom. The predicted octanol–water partition coefficient (Wildman–Crippen LogP) is 0.970. The average Bonchev–Trinajstić information content (AvgIpc) is 3.72. The summed E-state index contributed by atoms with van der Waals surface area (Å²) in [5, 5.41) is 0. The molecule has 0 bridgehead atoms. The number of ether oxygens (including phenoxy) is 2. The molecule has 0 spiro atoms. The first-order valence-corrected chi connectivity index (χ1v) is 15.2. The molecule has 0 aliphatic carbocycles. The summed E-state index contributed by atoms with van der Waals surface area (Å²) in [6.45, 7) is 0.928. The lowest BCUT2D eigenvalue weighted by Gasteiger charge is -2.23. The lowest BCUT2D eigenvalue weighted by Crippen LogP contribution is -2.34. The average molecular weight is 627 g/mol. The van der Waals surface area contributed by atoms with Gasteiger partial charge in [-0.05, 0) is 6.92 Å². The zero-order valence-corrected chi connectivity index (χ0v) is 23.7. The van der Waals surface area contributed by atoms with Crippen molar-refractivity contribution in [2.45, 2.75) is 56.4 Å². The summed E-state index contributed by atoms with van der Waals surface area (Å²) in [6, 6.07) is 0. The van der Waals surface area contributed by atoms with Crippen LogP contribution >= 0.6 is 16.5 Å². The lowest BCUT2D eigenvalue weighted by molar-refractivity contribution is -0.0529. The summed E-state index contributed by atoms with van der Waals surface area (Å²) >= 11 is 0. The van der Waals surface area contributed by atoms with E-state index in [1.54, 1.807) is 11.5 Å². The van der Waals surface area contributed by atoms with Crippen molar-refractivity contribution in [2.75, 3.05) is 18.9 Å². The Bertz CT molecular complexity index is 1770. The number of alkyl halides is 1. The van der Waals surface area contributed by atoms with Crippen LogP contribution in [0.3, 0.4) is 0 Å². The quantitative estimate of drug-likeness (QED) is 0.296. The first-order valence-electron chi connectivity index (χ1n) is 12.7. The molecule has 3 aliphatic heterocycles. The number of hydrogen-bond donors (Lipinski definition) is 2. The van der Waals surface area contributed by atoms with Crippen molar-refractivity contribution in [3.8, 4) is 0 Å². The van der Waals surface area contributed by atoms with Gasteiger partial charge < -0.3 is 38.3 Å². The van der Waals surface area contributed by atoms with Gasteiger partial charge in [-0.25, -0.2) is 29.3 Å². The second-order valence-electron chi connectivity index (χ2n) is 9.79. The maximum absolute atomic E-state index is 15.8. The van der Waals surface area contributed by atoms with Crippen molar-refractivity contribution < 1.29 is 41.1 Å². The Labute approximate surface area is 235 Å². The number of aromatic nitrogens is 8. The lowest BCUT2D eigenvalue weighted by atomic mass is 10.1. The SMILES string of the molecule is Cc1nc2c(ncn2[C@H]2C[C@@H]3O[PH](=O)OC[C@H]4O[C@@H](n5cnc6c(N)ncnc65)[C@H](F)[C@@H]4O[PH](=O)OC[C@H]3O2)c(=O)[nH]1. The van der Waals surface area contributed by atoms with E-state index in [2.05, 4.69) is 29.9 Å². The zero-order chi connectivity index (χ0) is 29.1. The Morgan fingerprint density at radius 3 is 2.52 bits per heavy atom. The van der Waals surface area contributed by atoms with Gasteiger partial charge in [0.25, 0.3) is 5.56 Å². The third-order valence-electron chi connectivity index (χ3n) is 7.18. The molecule has 2 unspecified atom stereocenters. The minimum atomic E-state index is -3.29. The highest BCUT2D eigenvalue weighted by Gasteiger charge is 2.49. The number of nitrogens with one attached hydrogen (secondary N) is 1. The van der Waals surface area contributed by atoms with Gasteiger partial charge in [0.2, 0.25) is 0 Å². The summed E-state index contributed by atoms with van der Waals surface area (Å²) in [5.74, 6) is 0.482. The van der Waals surface area contributed by atoms with Crippen LogP contribution in [-0.4, -0.2) is 82.8 Å². The molecule has 18 nitrogen and oxygen atoms in total. The standard InChI is InChI=1S/C21H24FN9O9P2/c1-8-28-19-15(20(32)29-8)27-6-30(19)12-2-9-10(37-12)3-35-42(34)40-16-11(4-36-41(33)39-9)38-21(13(16)22)31-7-26-14-17(23)24-5-25-18(14)31/h5-7,9-13,16,21,41-42H,2-4H2,1H3,(H2,23,24,25)(H,28,29,32)/t9-,10+,11+,12+,13+,16+,21+/m0/s1. The van der Waals surface area contributed by atoms with Crippen LogP contribution in [0.1, 0.15) is 24.7 Å². The third-order valence-corrected chi connectivity index (χ3v) is 8.94. The van der Waals surface area contributed by atoms with Gasteiger partial charge in [0.05, 0.1) is 32.0 Å². The summed E-state index contributed by atoms with van der Waals surface area (Å²) in [4.78, 5) is 35.4. The van der Waals surface area contributed by atoms with Crippen molar-refractivity contribution in [3.05, 3.63) is 35.2 Å². The van der Waals surface area contributed by atoms with Crippen LogP contribution in [0, 0.1) is 6.92 Å². The topological polar surface area (TPSA) is 223 Å². The Hall–Kier alpha value is -3.15. The van der Waals surface area contributed by atoms with E-state index < -0.39 is 71.7 Å². The number of nitrogens with zero attached hydrogens (tertiary/aromatic N) is 7. The third kappa shape index (κ3) is 4.85. The number of imidazole rings is 2. The van der Waals surface area contributed by atoms with Crippen LogP contribution in [0.5, 0.6) is 0 Å². The van der Waals surface area contributed by atoms with E-state index in [1.807, 2.05) is 0 Å². The molecule has 0 radical (unpaired) electrons. The number of H-pyrrole nitrogens is 1. The highest BCUT2D eigenvalue weighted by Crippen LogP contribution is 2.44. The number of rotatable bonds is 2. The number of nitrogens with two attached hydrogens (primary N) is 1. The van der Waals surface area contributed by atoms with E-state index in [1.165, 1.54) is 23.5 Å². The number of aryl methyl sites for hydroxylation is 1. The van der Waals surface area contributed by atoms with E-state index in [0.717, 1.165) is 0 Å². The maximum Gasteiger partial charge on any atom is 0.319 e. The van der Waals surface area contributed by atoms with Crippen molar-refractivity contribution in [3.63, 3.8) is 0 Å². The smallest absolute Gasteiger partial charge is 0.319 e. The molecule has 3 N–H and O–H groups in total. The van der Waals surface area contributed by atoms with Crippen molar-refractivity contribution in [1.29, 1.82) is 0 Å². The second-order valence-corrected chi connectivity index (χ2v) is 11.8. The zero-order valence-electron chi connectivity index (χ0n) is 21.7. The first kappa shape index (κ1) is 27.7. The van der Waals surface area contributed by atoms with Gasteiger partial charge in [-0.2, -0.15) is 0 Å². The van der Waals surface area contributed by atoms with Crippen molar-refractivity contribution in [1.82, 2.24) is 39.0 Å². The second kappa shape index (κ2) is 10.8. The number of nitrogen functional groups attached to an aromatic ring is 1. The number of hydrogen-bond acceptors (Lipinski definition) is 15. The van der Waals surface area contributed by atoms with E-state index in [0.29, 0.717) is 5.82 Å². The summed E-state index contributed by atoms with van der Waals surface area (Å²) < 4.78 is 78.3. The monoisotopic (exact) mass is 627 g/mol. The Balaban J connectivity index is 1.10. The fraction of sp³-hybridized carbons (Fsp3) is 0.524. The molecule has 4 aromatic rings. The summed E-state index contributed by atoms with van der Waals surface area (Å²) in [7, 11) is -6.45. The fourth-order valence-electron chi connectivity index (χ4n) is 5.24.